The van der Waals surface area contributed by atoms with E-state index < -0.39 is 24.4 Å². The minimum absolute atomic E-state index is 0.202. The standard InChI is InChI=1S/C28H22N2O6/c1-34-23-11-5-3-9-20(23)27(32)30-24(31)16-36-28(33)25-19-8-2-4-10-22(19)29-26-17(12-13-21(25)26)15-18-7-6-14-35-18/h2-11,14-15H,12-13,16H2,1H3,(H,30,31,32)/b17-15+. The Morgan fingerprint density at radius 2 is 1.83 bits per heavy atom. The normalized spacial score (nSPS) is 13.4. The first-order valence-corrected chi connectivity index (χ1v) is 11.4. The molecular weight excluding hydrogens is 460 g/mol. The second-order valence-corrected chi connectivity index (χ2v) is 8.17. The number of methoxy groups -OCH3 is 1. The number of imide groups is 1. The maximum atomic E-state index is 13.2. The summed E-state index contributed by atoms with van der Waals surface area (Å²) in [6, 6.07) is 17.5. The third-order valence-corrected chi connectivity index (χ3v) is 5.94. The van der Waals surface area contributed by atoms with Crippen LogP contribution in [-0.4, -0.2) is 36.5 Å². The number of hydrogen-bond acceptors (Lipinski definition) is 7. The number of allylic oxidation sites excluding steroid dienone is 1. The van der Waals surface area contributed by atoms with E-state index in [-0.39, 0.29) is 5.56 Å². The summed E-state index contributed by atoms with van der Waals surface area (Å²) in [4.78, 5) is 42.9. The van der Waals surface area contributed by atoms with Crippen molar-refractivity contribution in [3.05, 3.63) is 95.1 Å². The number of hydrogen-bond donors (Lipinski definition) is 1. The Balaban J connectivity index is 1.37. The molecule has 0 unspecified atom stereocenters. The van der Waals surface area contributed by atoms with Gasteiger partial charge < -0.3 is 13.9 Å². The second kappa shape index (κ2) is 9.87. The predicted molar refractivity (Wildman–Crippen MR) is 132 cm³/mol. The summed E-state index contributed by atoms with van der Waals surface area (Å²) < 4.78 is 16.0. The molecule has 0 radical (unpaired) electrons. The van der Waals surface area contributed by atoms with Gasteiger partial charge in [0.15, 0.2) is 6.61 Å². The lowest BCUT2D eigenvalue weighted by atomic mass is 10.0. The van der Waals surface area contributed by atoms with Crippen LogP contribution in [0.15, 0.2) is 71.3 Å². The zero-order valence-corrected chi connectivity index (χ0v) is 19.4. The van der Waals surface area contributed by atoms with Crippen molar-refractivity contribution < 1.29 is 28.3 Å². The smallest absolute Gasteiger partial charge is 0.339 e. The van der Waals surface area contributed by atoms with Gasteiger partial charge >= 0.3 is 5.97 Å². The molecular formula is C28H22N2O6. The molecule has 2 heterocycles. The van der Waals surface area contributed by atoms with Crippen LogP contribution in [0.5, 0.6) is 5.75 Å². The van der Waals surface area contributed by atoms with E-state index in [0.29, 0.717) is 46.5 Å². The number of amides is 2. The highest BCUT2D eigenvalue weighted by Crippen LogP contribution is 2.37. The summed E-state index contributed by atoms with van der Waals surface area (Å²) in [5.41, 5.74) is 3.66. The number of carbonyl (C=O) groups is 3. The lowest BCUT2D eigenvalue weighted by Crippen LogP contribution is -2.34. The Bertz CT molecular complexity index is 1500. The first kappa shape index (κ1) is 23.0. The van der Waals surface area contributed by atoms with Gasteiger partial charge in [0.05, 0.1) is 35.7 Å². The van der Waals surface area contributed by atoms with Crippen molar-refractivity contribution in [2.45, 2.75) is 12.8 Å². The molecule has 5 rings (SSSR count). The van der Waals surface area contributed by atoms with Crippen molar-refractivity contribution in [2.24, 2.45) is 0 Å². The molecule has 0 saturated carbocycles. The van der Waals surface area contributed by atoms with E-state index in [9.17, 15) is 14.4 Å². The van der Waals surface area contributed by atoms with Crippen LogP contribution in [-0.2, 0) is 16.0 Å². The monoisotopic (exact) mass is 482 g/mol. The van der Waals surface area contributed by atoms with Gasteiger partial charge in [0.1, 0.15) is 11.5 Å². The van der Waals surface area contributed by atoms with Crippen LogP contribution in [0.25, 0.3) is 22.6 Å². The number of carbonyl (C=O) groups excluding carboxylic acids is 3. The Labute approximate surface area is 206 Å². The Hall–Kier alpha value is -4.72. The zero-order valence-electron chi connectivity index (χ0n) is 19.4. The molecule has 0 spiro atoms. The van der Waals surface area contributed by atoms with Gasteiger partial charge in [-0.05, 0) is 60.4 Å². The van der Waals surface area contributed by atoms with Crippen molar-refractivity contribution >= 4 is 40.3 Å². The summed E-state index contributed by atoms with van der Waals surface area (Å²) in [5.74, 6) is -1.00. The molecule has 0 saturated heterocycles. The number of rotatable bonds is 6. The number of furan rings is 1. The number of para-hydroxylation sites is 2. The lowest BCUT2D eigenvalue weighted by Gasteiger charge is -2.12. The van der Waals surface area contributed by atoms with E-state index >= 15 is 0 Å². The van der Waals surface area contributed by atoms with Crippen LogP contribution >= 0.6 is 0 Å². The van der Waals surface area contributed by atoms with Crippen LogP contribution < -0.4 is 10.1 Å². The van der Waals surface area contributed by atoms with Gasteiger partial charge in [0.2, 0.25) is 0 Å². The van der Waals surface area contributed by atoms with Crippen molar-refractivity contribution in [1.82, 2.24) is 10.3 Å². The van der Waals surface area contributed by atoms with E-state index in [1.807, 2.05) is 36.4 Å². The largest absolute Gasteiger partial charge is 0.496 e. The number of ether oxygens (including phenoxy) is 2. The molecule has 2 aromatic carbocycles. The topological polar surface area (TPSA) is 108 Å². The molecule has 8 nitrogen and oxygen atoms in total. The van der Waals surface area contributed by atoms with E-state index in [1.165, 1.54) is 13.2 Å². The Morgan fingerprint density at radius 3 is 2.64 bits per heavy atom. The van der Waals surface area contributed by atoms with Gasteiger partial charge in [0, 0.05) is 5.39 Å². The number of fused-ring (bicyclic) bond motifs is 2. The van der Waals surface area contributed by atoms with Crippen LogP contribution in [0.1, 0.15) is 44.2 Å². The zero-order chi connectivity index (χ0) is 25.1. The fourth-order valence-electron chi connectivity index (χ4n) is 4.32. The first-order chi connectivity index (χ1) is 17.5. The van der Waals surface area contributed by atoms with Crippen LogP contribution in [0.2, 0.25) is 0 Å². The van der Waals surface area contributed by atoms with Crippen molar-refractivity contribution in [1.29, 1.82) is 0 Å². The van der Waals surface area contributed by atoms with Gasteiger partial charge in [-0.15, -0.1) is 0 Å². The quantitative estimate of drug-likeness (QED) is 0.405. The van der Waals surface area contributed by atoms with Crippen molar-refractivity contribution in [2.75, 3.05) is 13.7 Å². The molecule has 0 aliphatic heterocycles. The molecule has 0 atom stereocenters. The highest BCUT2D eigenvalue weighted by Gasteiger charge is 2.28. The highest BCUT2D eigenvalue weighted by atomic mass is 16.5. The fraction of sp³-hybridized carbons (Fsp3) is 0.143. The summed E-state index contributed by atoms with van der Waals surface area (Å²) in [6.07, 6.45) is 4.80. The molecule has 1 aliphatic carbocycles. The molecule has 0 bridgehead atoms. The molecule has 180 valence electrons. The van der Waals surface area contributed by atoms with Gasteiger partial charge in [-0.3, -0.25) is 14.9 Å². The summed E-state index contributed by atoms with van der Waals surface area (Å²) in [6.45, 7) is -0.611. The molecule has 2 aromatic heterocycles. The van der Waals surface area contributed by atoms with Gasteiger partial charge in [-0.2, -0.15) is 0 Å². The molecule has 36 heavy (non-hydrogen) atoms. The maximum Gasteiger partial charge on any atom is 0.339 e. The molecule has 8 heteroatoms. The number of pyridine rings is 1. The van der Waals surface area contributed by atoms with E-state index in [2.05, 4.69) is 5.32 Å². The number of benzene rings is 2. The average molecular weight is 482 g/mol. The Kier molecular flexibility index (Phi) is 6.32. The molecule has 4 aromatic rings. The van der Waals surface area contributed by atoms with Gasteiger partial charge in [0.25, 0.3) is 11.8 Å². The summed E-state index contributed by atoms with van der Waals surface area (Å²) in [7, 11) is 1.43. The minimum Gasteiger partial charge on any atom is -0.496 e. The molecule has 2 amide bonds. The molecule has 1 N–H and O–H groups in total. The highest BCUT2D eigenvalue weighted by molar-refractivity contribution is 6.09. The SMILES string of the molecule is COc1ccccc1C(=O)NC(=O)COC(=O)c1c2c(nc3ccccc13)/C(=C/c1ccco1)CC2. The van der Waals surface area contributed by atoms with E-state index in [0.717, 1.165) is 11.1 Å². The third kappa shape index (κ3) is 4.48. The minimum atomic E-state index is -0.743. The van der Waals surface area contributed by atoms with Crippen LogP contribution in [0, 0.1) is 0 Å². The summed E-state index contributed by atoms with van der Waals surface area (Å²) >= 11 is 0. The van der Waals surface area contributed by atoms with Crippen LogP contribution in [0.3, 0.4) is 0 Å². The lowest BCUT2D eigenvalue weighted by molar-refractivity contribution is -0.123. The number of nitrogens with one attached hydrogen (secondary N) is 1. The van der Waals surface area contributed by atoms with Crippen LogP contribution in [0.4, 0.5) is 0 Å². The van der Waals surface area contributed by atoms with Gasteiger partial charge in [-0.25, -0.2) is 9.78 Å². The maximum absolute atomic E-state index is 13.2. The molecule has 0 fully saturated rings. The van der Waals surface area contributed by atoms with E-state index in [1.54, 1.807) is 30.5 Å². The average Bonchev–Trinajstić information content (AvgIpc) is 3.56. The summed E-state index contributed by atoms with van der Waals surface area (Å²) in [5, 5.41) is 2.88. The molecule has 1 aliphatic rings. The third-order valence-electron chi connectivity index (χ3n) is 5.94. The number of esters is 1. The predicted octanol–water partition coefficient (Wildman–Crippen LogP) is 4.44. The fourth-order valence-corrected chi connectivity index (χ4v) is 4.32. The second-order valence-electron chi connectivity index (χ2n) is 8.17. The number of nitrogens with zero attached hydrogens (tertiary/aromatic N) is 1. The van der Waals surface area contributed by atoms with Crippen molar-refractivity contribution in [3.63, 3.8) is 0 Å². The van der Waals surface area contributed by atoms with Crippen molar-refractivity contribution in [3.8, 4) is 5.75 Å². The van der Waals surface area contributed by atoms with Gasteiger partial charge in [-0.1, -0.05) is 30.3 Å². The number of aromatic nitrogens is 1. The first-order valence-electron chi connectivity index (χ1n) is 11.4. The van der Waals surface area contributed by atoms with E-state index in [4.69, 9.17) is 18.9 Å². The Morgan fingerprint density at radius 1 is 1.03 bits per heavy atom.